The predicted molar refractivity (Wildman–Crippen MR) is 72.7 cm³/mol. The van der Waals surface area contributed by atoms with Gasteiger partial charge in [0.05, 0.1) is 10.9 Å². The number of rotatable bonds is 1. The van der Waals surface area contributed by atoms with Gasteiger partial charge < -0.3 is 4.98 Å². The van der Waals surface area contributed by atoms with Gasteiger partial charge in [-0.1, -0.05) is 18.2 Å². The molecule has 3 rings (SSSR count). The van der Waals surface area contributed by atoms with Crippen molar-refractivity contribution >= 4 is 10.9 Å². The molecule has 0 unspecified atom stereocenters. The number of nitrogens with one attached hydrogen (secondary N) is 1. The molecule has 0 saturated heterocycles. The first-order valence-electron chi connectivity index (χ1n) is 5.84. The normalized spacial score (nSPS) is 10.8. The molecule has 0 radical (unpaired) electrons. The van der Waals surface area contributed by atoms with Crippen molar-refractivity contribution in [2.45, 2.75) is 6.92 Å². The number of aryl methyl sites for hydroxylation is 1. The lowest BCUT2D eigenvalue weighted by atomic mass is 10.1. The van der Waals surface area contributed by atoms with E-state index in [9.17, 15) is 9.59 Å². The van der Waals surface area contributed by atoms with E-state index in [0.717, 1.165) is 10.1 Å². The van der Waals surface area contributed by atoms with Crippen molar-refractivity contribution in [3.63, 3.8) is 0 Å². The highest BCUT2D eigenvalue weighted by molar-refractivity contribution is 5.80. The summed E-state index contributed by atoms with van der Waals surface area (Å²) in [5.74, 6) is 0.318. The van der Waals surface area contributed by atoms with E-state index in [1.807, 2.05) is 13.0 Å². The minimum absolute atomic E-state index is 0.318. The first-order valence-corrected chi connectivity index (χ1v) is 5.84. The molecule has 0 amide bonds. The summed E-state index contributed by atoms with van der Waals surface area (Å²) < 4.78 is 1.05. The molecule has 5 nitrogen and oxygen atoms in total. The fourth-order valence-corrected chi connectivity index (χ4v) is 2.13. The largest absolute Gasteiger partial charge is 0.334 e. The Hall–Kier alpha value is -2.69. The molecule has 1 N–H and O–H groups in total. The monoisotopic (exact) mass is 253 g/mol. The lowest BCUT2D eigenvalue weighted by molar-refractivity contribution is 0.867. The van der Waals surface area contributed by atoms with Gasteiger partial charge in [-0.05, 0) is 30.7 Å². The molecule has 1 aromatic carbocycles. The van der Waals surface area contributed by atoms with E-state index in [-0.39, 0.29) is 5.56 Å². The van der Waals surface area contributed by atoms with Crippen molar-refractivity contribution in [2.24, 2.45) is 0 Å². The number of H-pyrrole nitrogens is 1. The number of hydrogen-bond donors (Lipinski definition) is 1. The third-order valence-electron chi connectivity index (χ3n) is 3.01. The number of nitrogens with zero attached hydrogens (tertiary/aromatic N) is 2. The number of fused-ring (bicyclic) bond motifs is 1. The van der Waals surface area contributed by atoms with Crippen LogP contribution in [-0.2, 0) is 0 Å². The van der Waals surface area contributed by atoms with E-state index >= 15 is 0 Å². The van der Waals surface area contributed by atoms with Crippen LogP contribution in [-0.4, -0.2) is 14.5 Å². The SMILES string of the molecule is Cc1cccc2[nH]c(=O)n(-c3ccccn3)c(=O)c12. The van der Waals surface area contributed by atoms with Gasteiger partial charge in [-0.15, -0.1) is 0 Å². The van der Waals surface area contributed by atoms with Crippen LogP contribution in [0.1, 0.15) is 5.56 Å². The van der Waals surface area contributed by atoms with Gasteiger partial charge in [0.15, 0.2) is 0 Å². The number of benzene rings is 1. The first kappa shape index (κ1) is 11.4. The lowest BCUT2D eigenvalue weighted by Gasteiger charge is -2.06. The zero-order valence-corrected chi connectivity index (χ0v) is 10.3. The Bertz CT molecular complexity index is 863. The molecular weight excluding hydrogens is 242 g/mol. The maximum Gasteiger partial charge on any atom is 0.334 e. The van der Waals surface area contributed by atoms with Gasteiger partial charge in [0.2, 0.25) is 0 Å². The fourth-order valence-electron chi connectivity index (χ4n) is 2.13. The smallest absolute Gasteiger partial charge is 0.306 e. The van der Waals surface area contributed by atoms with Crippen molar-refractivity contribution in [1.29, 1.82) is 0 Å². The maximum atomic E-state index is 12.5. The fraction of sp³-hybridized carbons (Fsp3) is 0.0714. The Balaban J connectivity index is 2.49. The Morgan fingerprint density at radius 1 is 1.11 bits per heavy atom. The molecule has 0 spiro atoms. The van der Waals surface area contributed by atoms with Crippen LogP contribution >= 0.6 is 0 Å². The summed E-state index contributed by atoms with van der Waals surface area (Å²) in [5.41, 5.74) is 0.531. The summed E-state index contributed by atoms with van der Waals surface area (Å²) in [4.78, 5) is 31.3. The van der Waals surface area contributed by atoms with E-state index in [2.05, 4.69) is 9.97 Å². The van der Waals surface area contributed by atoms with Gasteiger partial charge in [-0.2, -0.15) is 0 Å². The molecule has 0 atom stereocenters. The van der Waals surface area contributed by atoms with Crippen LogP contribution in [0.4, 0.5) is 0 Å². The van der Waals surface area contributed by atoms with E-state index in [1.165, 1.54) is 0 Å². The first-order chi connectivity index (χ1) is 9.18. The minimum atomic E-state index is -0.484. The van der Waals surface area contributed by atoms with Crippen molar-refractivity contribution < 1.29 is 0 Å². The standard InChI is InChI=1S/C14H11N3O2/c1-9-5-4-6-10-12(9)13(18)17(14(19)16-10)11-7-2-3-8-15-11/h2-8H,1H3,(H,16,19). The Morgan fingerprint density at radius 2 is 1.95 bits per heavy atom. The molecule has 0 saturated carbocycles. The van der Waals surface area contributed by atoms with Crippen molar-refractivity contribution in [3.8, 4) is 5.82 Å². The number of hydrogen-bond acceptors (Lipinski definition) is 3. The summed E-state index contributed by atoms with van der Waals surface area (Å²) in [6.07, 6.45) is 1.54. The average molecular weight is 253 g/mol. The highest BCUT2D eigenvalue weighted by atomic mass is 16.2. The van der Waals surface area contributed by atoms with Crippen LogP contribution in [0.25, 0.3) is 16.7 Å². The van der Waals surface area contributed by atoms with Crippen LogP contribution in [0.5, 0.6) is 0 Å². The number of pyridine rings is 1. The van der Waals surface area contributed by atoms with Gasteiger partial charge in [-0.3, -0.25) is 4.79 Å². The van der Waals surface area contributed by atoms with E-state index in [0.29, 0.717) is 16.7 Å². The Labute approximate surface area is 108 Å². The van der Waals surface area contributed by atoms with Crippen LogP contribution < -0.4 is 11.2 Å². The second-order valence-corrected chi connectivity index (χ2v) is 4.26. The molecule has 5 heteroatoms. The molecule has 3 aromatic rings. The molecule has 0 aliphatic heterocycles. The highest BCUT2D eigenvalue weighted by Gasteiger charge is 2.11. The molecule has 2 heterocycles. The molecule has 94 valence electrons. The summed E-state index contributed by atoms with van der Waals surface area (Å²) >= 11 is 0. The van der Waals surface area contributed by atoms with E-state index < -0.39 is 5.69 Å². The molecular formula is C14H11N3O2. The van der Waals surface area contributed by atoms with Crippen LogP contribution in [0.2, 0.25) is 0 Å². The number of aromatic amines is 1. The Morgan fingerprint density at radius 3 is 2.68 bits per heavy atom. The van der Waals surface area contributed by atoms with Gasteiger partial charge in [0.25, 0.3) is 5.56 Å². The second-order valence-electron chi connectivity index (χ2n) is 4.26. The van der Waals surface area contributed by atoms with Crippen molar-refractivity contribution in [1.82, 2.24) is 14.5 Å². The third-order valence-corrected chi connectivity index (χ3v) is 3.01. The van der Waals surface area contributed by atoms with Gasteiger partial charge in [-0.25, -0.2) is 14.3 Å². The molecule has 19 heavy (non-hydrogen) atoms. The third kappa shape index (κ3) is 1.76. The maximum absolute atomic E-state index is 12.5. The highest BCUT2D eigenvalue weighted by Crippen LogP contribution is 2.10. The zero-order chi connectivity index (χ0) is 13.4. The molecule has 2 aromatic heterocycles. The molecule has 0 fully saturated rings. The zero-order valence-electron chi connectivity index (χ0n) is 10.3. The summed E-state index contributed by atoms with van der Waals surface area (Å²) in [5, 5.41) is 0.507. The van der Waals surface area contributed by atoms with Gasteiger partial charge >= 0.3 is 5.69 Å². The summed E-state index contributed by atoms with van der Waals surface area (Å²) in [6.45, 7) is 1.84. The minimum Gasteiger partial charge on any atom is -0.306 e. The van der Waals surface area contributed by atoms with Crippen LogP contribution in [0.15, 0.2) is 52.2 Å². The average Bonchev–Trinajstić information content (AvgIpc) is 2.39. The molecule has 0 aliphatic rings. The lowest BCUT2D eigenvalue weighted by Crippen LogP contribution is -2.34. The van der Waals surface area contributed by atoms with E-state index in [1.54, 1.807) is 36.5 Å². The second kappa shape index (κ2) is 4.20. The van der Waals surface area contributed by atoms with E-state index in [4.69, 9.17) is 0 Å². The van der Waals surface area contributed by atoms with Crippen molar-refractivity contribution in [2.75, 3.05) is 0 Å². The molecule has 0 bridgehead atoms. The quantitative estimate of drug-likeness (QED) is 0.712. The Kier molecular flexibility index (Phi) is 2.52. The molecule has 0 aliphatic carbocycles. The summed E-state index contributed by atoms with van der Waals surface area (Å²) in [6, 6.07) is 10.4. The summed E-state index contributed by atoms with van der Waals surface area (Å²) in [7, 11) is 0. The van der Waals surface area contributed by atoms with Gasteiger partial charge in [0, 0.05) is 6.20 Å². The van der Waals surface area contributed by atoms with Gasteiger partial charge in [0.1, 0.15) is 5.82 Å². The number of aromatic nitrogens is 3. The topological polar surface area (TPSA) is 67.8 Å². The predicted octanol–water partition coefficient (Wildman–Crippen LogP) is 1.38. The van der Waals surface area contributed by atoms with Crippen molar-refractivity contribution in [3.05, 3.63) is 69.0 Å². The van der Waals surface area contributed by atoms with Crippen LogP contribution in [0.3, 0.4) is 0 Å². The van der Waals surface area contributed by atoms with Crippen LogP contribution in [0, 0.1) is 6.92 Å².